The fraction of sp³-hybridized carbons (Fsp3) is 0.389. The number of H-pyrrole nitrogens is 2. The van der Waals surface area contributed by atoms with E-state index in [1.165, 1.54) is 38.6 Å². The number of imidazole rings is 2. The summed E-state index contributed by atoms with van der Waals surface area (Å²) in [5.41, 5.74) is 2.27. The number of rotatable bonds is 10. The van der Waals surface area contributed by atoms with Crippen LogP contribution in [0, 0.1) is 17.6 Å². The van der Waals surface area contributed by atoms with Gasteiger partial charge in [-0.2, -0.15) is 0 Å². The average molecular weight is 704 g/mol. The Bertz CT molecular complexity index is 1960. The number of ether oxygens (including phenoxy) is 1. The van der Waals surface area contributed by atoms with E-state index < -0.39 is 41.7 Å². The molecule has 0 spiro atoms. The molecule has 13 nitrogen and oxygen atoms in total. The summed E-state index contributed by atoms with van der Waals surface area (Å²) in [6.07, 6.45) is 4.49. The predicted molar refractivity (Wildman–Crippen MR) is 181 cm³/mol. The molecule has 0 radical (unpaired) electrons. The van der Waals surface area contributed by atoms with E-state index >= 15 is 8.78 Å². The number of amides is 3. The molecule has 268 valence electrons. The van der Waals surface area contributed by atoms with Crippen molar-refractivity contribution in [3.05, 3.63) is 72.1 Å². The highest BCUT2D eigenvalue weighted by Crippen LogP contribution is 2.36. The van der Waals surface area contributed by atoms with Crippen LogP contribution in [0.5, 0.6) is 0 Å². The molecular weight excluding hydrogens is 664 g/mol. The lowest BCUT2D eigenvalue weighted by molar-refractivity contribution is -0.146. The molecule has 6 rings (SSSR count). The molecule has 4 heterocycles. The first-order valence-electron chi connectivity index (χ1n) is 16.8. The van der Waals surface area contributed by atoms with E-state index in [1.54, 1.807) is 41.0 Å². The SMILES string of the molecule is COC(=O)C[C@@H](C)C(=O)N1CCC[C@H]1c1ncc(-c2ccc(-c3ccc(-c4cnc([C@@H]5CCCN5C(=O)[C@H](C)NC(=O)O)[nH]4)c(F)c3)cc2F)[nH]1. The van der Waals surface area contributed by atoms with Gasteiger partial charge in [0, 0.05) is 30.1 Å². The number of methoxy groups -OCH3 is 1. The van der Waals surface area contributed by atoms with E-state index in [1.807, 2.05) is 0 Å². The standard InChI is InChI=1S/C36H39F2N7O6/c1-19(14-31(46)51-3)34(47)44-12-4-6-29(44)32-39-17-27(42-32)23-10-8-21(15-25(23)37)22-9-11-24(26(38)16-22)28-18-40-33(43-28)30-7-5-13-45(30)35(48)20(2)41-36(49)50/h8-11,15-20,29-30,41H,4-7,12-14H2,1-3H3,(H,39,42)(H,40,43)(H,49,50)/t19-,20+,29+,30+/m1/s1. The van der Waals surface area contributed by atoms with Gasteiger partial charge >= 0.3 is 12.1 Å². The minimum Gasteiger partial charge on any atom is -0.469 e. The Kier molecular flexibility index (Phi) is 10.2. The highest BCUT2D eigenvalue weighted by Gasteiger charge is 2.36. The Morgan fingerprint density at radius 3 is 1.80 bits per heavy atom. The summed E-state index contributed by atoms with van der Waals surface area (Å²) < 4.78 is 35.8. The Morgan fingerprint density at radius 1 is 0.863 bits per heavy atom. The molecule has 0 saturated carbocycles. The number of hydrogen-bond acceptors (Lipinski definition) is 7. The van der Waals surface area contributed by atoms with Gasteiger partial charge in [0.15, 0.2) is 0 Å². The van der Waals surface area contributed by atoms with Gasteiger partial charge in [0.25, 0.3) is 0 Å². The normalized spacial score (nSPS) is 18.5. The molecule has 2 aromatic heterocycles. The molecule has 4 atom stereocenters. The van der Waals surface area contributed by atoms with Crippen molar-refractivity contribution in [2.24, 2.45) is 5.92 Å². The highest BCUT2D eigenvalue weighted by molar-refractivity contribution is 5.85. The maximum Gasteiger partial charge on any atom is 0.405 e. The number of carbonyl (C=O) groups excluding carboxylic acids is 3. The summed E-state index contributed by atoms with van der Waals surface area (Å²) >= 11 is 0. The van der Waals surface area contributed by atoms with Gasteiger partial charge < -0.3 is 34.9 Å². The van der Waals surface area contributed by atoms with Gasteiger partial charge in [0.05, 0.1) is 49.4 Å². The van der Waals surface area contributed by atoms with Gasteiger partial charge in [-0.3, -0.25) is 14.4 Å². The van der Waals surface area contributed by atoms with Crippen LogP contribution in [0.4, 0.5) is 13.6 Å². The minimum absolute atomic E-state index is 0.0186. The zero-order valence-corrected chi connectivity index (χ0v) is 28.4. The largest absolute Gasteiger partial charge is 0.469 e. The number of nitrogens with one attached hydrogen (secondary N) is 3. The van der Waals surface area contributed by atoms with Crippen LogP contribution in [0.1, 0.15) is 69.7 Å². The number of aromatic nitrogens is 4. The first-order valence-corrected chi connectivity index (χ1v) is 16.8. The Morgan fingerprint density at radius 2 is 1.35 bits per heavy atom. The topological polar surface area (TPSA) is 174 Å². The summed E-state index contributed by atoms with van der Waals surface area (Å²) in [5.74, 6) is -1.63. The molecule has 0 aliphatic carbocycles. The second kappa shape index (κ2) is 14.7. The number of likely N-dealkylation sites (tertiary alicyclic amines) is 2. The zero-order valence-electron chi connectivity index (χ0n) is 28.4. The number of halogens is 2. The van der Waals surface area contributed by atoms with E-state index in [0.717, 1.165) is 6.42 Å². The third-order valence-electron chi connectivity index (χ3n) is 9.58. The monoisotopic (exact) mass is 703 g/mol. The number of esters is 1. The summed E-state index contributed by atoms with van der Waals surface area (Å²) in [7, 11) is 1.28. The van der Waals surface area contributed by atoms with Crippen LogP contribution in [-0.2, 0) is 19.1 Å². The molecule has 2 fully saturated rings. The molecule has 2 aromatic carbocycles. The third kappa shape index (κ3) is 7.32. The first-order chi connectivity index (χ1) is 24.4. The van der Waals surface area contributed by atoms with Gasteiger partial charge in [-0.15, -0.1) is 0 Å². The number of aromatic amines is 2. The fourth-order valence-corrected chi connectivity index (χ4v) is 6.94. The predicted octanol–water partition coefficient (Wildman–Crippen LogP) is 5.59. The highest BCUT2D eigenvalue weighted by atomic mass is 19.1. The summed E-state index contributed by atoms with van der Waals surface area (Å²) in [5, 5.41) is 11.2. The quantitative estimate of drug-likeness (QED) is 0.155. The van der Waals surface area contributed by atoms with Crippen molar-refractivity contribution < 1.29 is 37.8 Å². The summed E-state index contributed by atoms with van der Waals surface area (Å²) in [4.78, 5) is 67.1. The molecule has 2 saturated heterocycles. The van der Waals surface area contributed by atoms with E-state index in [-0.39, 0.29) is 35.4 Å². The van der Waals surface area contributed by atoms with E-state index in [0.29, 0.717) is 66.5 Å². The van der Waals surface area contributed by atoms with E-state index in [2.05, 4.69) is 25.3 Å². The van der Waals surface area contributed by atoms with Crippen molar-refractivity contribution in [2.45, 2.75) is 64.1 Å². The smallest absolute Gasteiger partial charge is 0.405 e. The molecule has 51 heavy (non-hydrogen) atoms. The second-order valence-electron chi connectivity index (χ2n) is 13.0. The van der Waals surface area contributed by atoms with Crippen molar-refractivity contribution >= 4 is 23.9 Å². The average Bonchev–Trinajstić information content (AvgIpc) is 3.93. The van der Waals surface area contributed by atoms with Gasteiger partial charge in [-0.1, -0.05) is 19.1 Å². The van der Waals surface area contributed by atoms with E-state index in [4.69, 9.17) is 9.84 Å². The first kappa shape index (κ1) is 35.2. The minimum atomic E-state index is -1.29. The Labute approximate surface area is 292 Å². The second-order valence-corrected chi connectivity index (χ2v) is 13.0. The van der Waals surface area contributed by atoms with Crippen LogP contribution < -0.4 is 5.32 Å². The maximum atomic E-state index is 15.5. The van der Waals surface area contributed by atoms with Crippen LogP contribution in [0.3, 0.4) is 0 Å². The lowest BCUT2D eigenvalue weighted by Crippen LogP contribution is -2.46. The molecule has 15 heteroatoms. The molecule has 4 aromatic rings. The van der Waals surface area contributed by atoms with Gasteiger partial charge in [0.2, 0.25) is 11.8 Å². The number of carboxylic acid groups (broad SMARTS) is 1. The number of carbonyl (C=O) groups is 4. The Balaban J connectivity index is 1.15. The molecule has 4 N–H and O–H groups in total. The number of benzene rings is 2. The number of nitrogens with zero attached hydrogens (tertiary/aromatic N) is 4. The van der Waals surface area contributed by atoms with Crippen LogP contribution >= 0.6 is 0 Å². The van der Waals surface area contributed by atoms with E-state index in [9.17, 15) is 19.2 Å². The zero-order chi connectivity index (χ0) is 36.4. The van der Waals surface area contributed by atoms with Crippen molar-refractivity contribution in [1.29, 1.82) is 0 Å². The molecule has 0 bridgehead atoms. The van der Waals surface area contributed by atoms with Crippen molar-refractivity contribution in [3.63, 3.8) is 0 Å². The molecule has 2 aliphatic heterocycles. The lowest BCUT2D eigenvalue weighted by atomic mass is 10.00. The number of hydrogen-bond donors (Lipinski definition) is 4. The Hall–Kier alpha value is -5.60. The van der Waals surface area contributed by atoms with Crippen LogP contribution in [0.15, 0.2) is 48.8 Å². The molecule has 3 amide bonds. The summed E-state index contributed by atoms with van der Waals surface area (Å²) in [6.45, 7) is 4.15. The van der Waals surface area contributed by atoms with Crippen molar-refractivity contribution in [3.8, 4) is 33.6 Å². The van der Waals surface area contributed by atoms with Crippen LogP contribution in [0.25, 0.3) is 33.6 Å². The van der Waals surface area contributed by atoms with Crippen LogP contribution in [0.2, 0.25) is 0 Å². The molecule has 2 aliphatic rings. The van der Waals surface area contributed by atoms with Gasteiger partial charge in [-0.25, -0.2) is 23.5 Å². The molecular formula is C36H39F2N7O6. The van der Waals surface area contributed by atoms with Crippen LogP contribution in [-0.4, -0.2) is 85.0 Å². The fourth-order valence-electron chi connectivity index (χ4n) is 6.94. The van der Waals surface area contributed by atoms with Crippen molar-refractivity contribution in [2.75, 3.05) is 20.2 Å². The lowest BCUT2D eigenvalue weighted by Gasteiger charge is -2.26. The summed E-state index contributed by atoms with van der Waals surface area (Å²) in [6, 6.07) is 7.52. The van der Waals surface area contributed by atoms with Gasteiger partial charge in [-0.05, 0) is 68.0 Å². The van der Waals surface area contributed by atoms with Gasteiger partial charge in [0.1, 0.15) is 29.3 Å². The van der Waals surface area contributed by atoms with Crippen molar-refractivity contribution in [1.82, 2.24) is 35.1 Å². The third-order valence-corrected chi connectivity index (χ3v) is 9.58. The maximum absolute atomic E-state index is 15.5. The molecule has 0 unspecified atom stereocenters.